The smallest absolute Gasteiger partial charge is 0.244 e. The van der Waals surface area contributed by atoms with E-state index in [2.05, 4.69) is 33.8 Å². The monoisotopic (exact) mass is 378 g/mol. The molecule has 1 amide bonds. The Bertz CT molecular complexity index is 853. The number of nitrogens with zero attached hydrogens (tertiary/aromatic N) is 3. The van der Waals surface area contributed by atoms with Crippen molar-refractivity contribution in [2.75, 3.05) is 26.2 Å². The number of amides is 1. The minimum atomic E-state index is -0.0545. The molecule has 1 N–H and O–H groups in total. The third-order valence-electron chi connectivity index (χ3n) is 5.52. The van der Waals surface area contributed by atoms with Crippen LogP contribution in [-0.4, -0.2) is 41.6 Å². The Balaban J connectivity index is 1.49. The molecule has 0 radical (unpaired) electrons. The van der Waals surface area contributed by atoms with E-state index >= 15 is 0 Å². The number of hydrogen-bond acceptors (Lipinski definition) is 3. The number of piperidine rings is 1. The summed E-state index contributed by atoms with van der Waals surface area (Å²) in [5, 5.41) is 12.9. The Morgan fingerprint density at radius 3 is 2.86 bits per heavy atom. The number of benzene rings is 1. The molecule has 5 heteroatoms. The highest BCUT2D eigenvalue weighted by Crippen LogP contribution is 2.22. The van der Waals surface area contributed by atoms with E-state index in [1.807, 2.05) is 30.5 Å². The molecule has 0 bridgehead atoms. The minimum absolute atomic E-state index is 0.0545. The van der Waals surface area contributed by atoms with E-state index in [-0.39, 0.29) is 5.91 Å². The van der Waals surface area contributed by atoms with Crippen LogP contribution in [0.2, 0.25) is 0 Å². The van der Waals surface area contributed by atoms with Crippen molar-refractivity contribution in [3.05, 3.63) is 42.1 Å². The van der Waals surface area contributed by atoms with E-state index in [4.69, 9.17) is 5.26 Å². The Morgan fingerprint density at radius 2 is 2.07 bits per heavy atom. The number of aromatic nitrogens is 1. The number of nitriles is 1. The Labute approximate surface area is 167 Å². The van der Waals surface area contributed by atoms with Gasteiger partial charge in [0, 0.05) is 41.8 Å². The fraction of sp³-hybridized carbons (Fsp3) is 0.478. The van der Waals surface area contributed by atoms with Crippen LogP contribution in [0.4, 0.5) is 0 Å². The Kier molecular flexibility index (Phi) is 7.27. The van der Waals surface area contributed by atoms with Gasteiger partial charge in [0.05, 0.1) is 12.5 Å². The van der Waals surface area contributed by atoms with Gasteiger partial charge in [-0.15, -0.1) is 0 Å². The van der Waals surface area contributed by atoms with Gasteiger partial charge in [-0.2, -0.15) is 5.26 Å². The molecular formula is C23H30N4O. The highest BCUT2D eigenvalue weighted by atomic mass is 16.1. The van der Waals surface area contributed by atoms with Gasteiger partial charge in [-0.05, 0) is 57.0 Å². The first kappa shape index (κ1) is 20.2. The van der Waals surface area contributed by atoms with Crippen LogP contribution < -0.4 is 5.32 Å². The van der Waals surface area contributed by atoms with Gasteiger partial charge in [-0.3, -0.25) is 4.79 Å². The summed E-state index contributed by atoms with van der Waals surface area (Å²) in [4.78, 5) is 14.7. The van der Waals surface area contributed by atoms with Crippen LogP contribution in [0.3, 0.4) is 0 Å². The summed E-state index contributed by atoms with van der Waals surface area (Å²) in [6.45, 7) is 7.12. The highest BCUT2D eigenvalue weighted by molar-refractivity contribution is 5.96. The summed E-state index contributed by atoms with van der Waals surface area (Å²) in [6.07, 6.45) is 9.53. The number of likely N-dealkylation sites (tertiary alicyclic amines) is 1. The lowest BCUT2D eigenvalue weighted by atomic mass is 9.99. The highest BCUT2D eigenvalue weighted by Gasteiger charge is 2.14. The quantitative estimate of drug-likeness (QED) is 0.561. The molecule has 148 valence electrons. The molecule has 28 heavy (non-hydrogen) atoms. The molecule has 0 spiro atoms. The Hall–Kier alpha value is -2.58. The van der Waals surface area contributed by atoms with Crippen LogP contribution in [-0.2, 0) is 11.3 Å². The number of carbonyl (C=O) groups is 1. The number of carbonyl (C=O) groups excluding carboxylic acids is 1. The molecule has 1 saturated heterocycles. The van der Waals surface area contributed by atoms with E-state index in [9.17, 15) is 4.79 Å². The molecule has 2 aromatic rings. The predicted octanol–water partition coefficient (Wildman–Crippen LogP) is 3.81. The van der Waals surface area contributed by atoms with Crippen molar-refractivity contribution in [1.82, 2.24) is 14.8 Å². The van der Waals surface area contributed by atoms with Gasteiger partial charge in [0.2, 0.25) is 5.91 Å². The van der Waals surface area contributed by atoms with Gasteiger partial charge in [0.25, 0.3) is 0 Å². The molecule has 0 aliphatic carbocycles. The molecule has 0 saturated carbocycles. The predicted molar refractivity (Wildman–Crippen MR) is 114 cm³/mol. The number of nitrogens with one attached hydrogen (secondary N) is 1. The zero-order valence-electron chi connectivity index (χ0n) is 16.7. The molecule has 0 unspecified atom stereocenters. The summed E-state index contributed by atoms with van der Waals surface area (Å²) in [5.41, 5.74) is 2.10. The van der Waals surface area contributed by atoms with Crippen LogP contribution in [0.25, 0.3) is 17.0 Å². The molecule has 1 fully saturated rings. The van der Waals surface area contributed by atoms with Crippen LogP contribution in [0.15, 0.2) is 36.5 Å². The molecule has 1 aromatic heterocycles. The van der Waals surface area contributed by atoms with Crippen molar-refractivity contribution < 1.29 is 4.79 Å². The normalized spacial score (nSPS) is 15.9. The number of hydrogen-bond donors (Lipinski definition) is 1. The second-order valence-corrected chi connectivity index (χ2v) is 7.71. The molecule has 1 aliphatic rings. The van der Waals surface area contributed by atoms with Crippen molar-refractivity contribution in [3.8, 4) is 6.07 Å². The molecule has 1 aliphatic heterocycles. The van der Waals surface area contributed by atoms with Gasteiger partial charge >= 0.3 is 0 Å². The minimum Gasteiger partial charge on any atom is -0.353 e. The maximum absolute atomic E-state index is 12.2. The molecule has 5 nitrogen and oxygen atoms in total. The van der Waals surface area contributed by atoms with E-state index in [1.54, 1.807) is 6.08 Å². The summed E-state index contributed by atoms with van der Waals surface area (Å²) >= 11 is 0. The molecule has 3 rings (SSSR count). The summed E-state index contributed by atoms with van der Waals surface area (Å²) in [7, 11) is 0. The molecular weight excluding hydrogens is 348 g/mol. The molecule has 1 aromatic carbocycles. The summed E-state index contributed by atoms with van der Waals surface area (Å²) in [6, 6.07) is 10.3. The van der Waals surface area contributed by atoms with Crippen LogP contribution in [0.5, 0.6) is 0 Å². The average molecular weight is 379 g/mol. The second kappa shape index (κ2) is 10.1. The first-order chi connectivity index (χ1) is 13.7. The third-order valence-corrected chi connectivity index (χ3v) is 5.52. The second-order valence-electron chi connectivity index (χ2n) is 7.71. The van der Waals surface area contributed by atoms with Gasteiger partial charge in [-0.1, -0.05) is 25.1 Å². The van der Waals surface area contributed by atoms with Crippen molar-refractivity contribution in [1.29, 1.82) is 5.26 Å². The zero-order chi connectivity index (χ0) is 19.8. The Morgan fingerprint density at radius 1 is 1.29 bits per heavy atom. The lowest BCUT2D eigenvalue weighted by molar-refractivity contribution is -0.116. The number of fused-ring (bicyclic) bond motifs is 1. The molecule has 0 atom stereocenters. The van der Waals surface area contributed by atoms with E-state index in [0.29, 0.717) is 19.5 Å². The van der Waals surface area contributed by atoms with Gasteiger partial charge in [0.1, 0.15) is 0 Å². The maximum atomic E-state index is 12.2. The topological polar surface area (TPSA) is 61.1 Å². The fourth-order valence-electron chi connectivity index (χ4n) is 3.79. The standard InChI is InChI=1S/C23H30N4O/c1-19-10-16-26(17-11-19)14-5-13-25-23(28)9-8-20-18-27(15-4-12-24)22-7-3-2-6-21(20)22/h2-3,6-9,18-19H,4-5,10-11,13-17H2,1H3,(H,25,28)/b9-8+. The number of para-hydroxylation sites is 1. The van der Waals surface area contributed by atoms with Crippen molar-refractivity contribution in [2.45, 2.75) is 39.2 Å². The van der Waals surface area contributed by atoms with E-state index < -0.39 is 0 Å². The van der Waals surface area contributed by atoms with Crippen molar-refractivity contribution in [2.24, 2.45) is 5.92 Å². The largest absolute Gasteiger partial charge is 0.353 e. The average Bonchev–Trinajstić information content (AvgIpc) is 3.07. The number of rotatable bonds is 8. The van der Waals surface area contributed by atoms with Crippen LogP contribution >= 0.6 is 0 Å². The van der Waals surface area contributed by atoms with Crippen LogP contribution in [0.1, 0.15) is 38.2 Å². The van der Waals surface area contributed by atoms with Gasteiger partial charge in [-0.25, -0.2) is 0 Å². The van der Waals surface area contributed by atoms with Crippen molar-refractivity contribution >= 4 is 22.9 Å². The first-order valence-electron chi connectivity index (χ1n) is 10.3. The lowest BCUT2D eigenvalue weighted by Crippen LogP contribution is -2.35. The lowest BCUT2D eigenvalue weighted by Gasteiger charge is -2.30. The first-order valence-corrected chi connectivity index (χ1v) is 10.3. The van der Waals surface area contributed by atoms with Gasteiger partial charge in [0.15, 0.2) is 0 Å². The fourth-order valence-corrected chi connectivity index (χ4v) is 3.79. The van der Waals surface area contributed by atoms with Gasteiger partial charge < -0.3 is 14.8 Å². The maximum Gasteiger partial charge on any atom is 0.244 e. The van der Waals surface area contributed by atoms with E-state index in [1.165, 1.54) is 25.9 Å². The van der Waals surface area contributed by atoms with Crippen LogP contribution in [0, 0.1) is 17.2 Å². The third kappa shape index (κ3) is 5.46. The summed E-state index contributed by atoms with van der Waals surface area (Å²) in [5.74, 6) is 0.799. The SMILES string of the molecule is CC1CCN(CCCNC(=O)/C=C/c2cn(CCC#N)c3ccccc23)CC1. The summed E-state index contributed by atoms with van der Waals surface area (Å²) < 4.78 is 2.08. The van der Waals surface area contributed by atoms with E-state index in [0.717, 1.165) is 35.3 Å². The zero-order valence-corrected chi connectivity index (χ0v) is 16.7. The van der Waals surface area contributed by atoms with Crippen molar-refractivity contribution in [3.63, 3.8) is 0 Å². The molecule has 2 heterocycles. The number of aryl methyl sites for hydroxylation is 1.